The first-order chi connectivity index (χ1) is 8.06. The molecule has 90 valence electrons. The second kappa shape index (κ2) is 4.71. The van der Waals surface area contributed by atoms with Crippen molar-refractivity contribution >= 4 is 16.5 Å². The largest absolute Gasteiger partial charge is 0.398 e. The maximum absolute atomic E-state index is 12.1. The highest BCUT2D eigenvalue weighted by molar-refractivity contribution is 7.84. The Morgan fingerprint density at radius 1 is 1.47 bits per heavy atom. The number of benzene rings is 1. The zero-order valence-corrected chi connectivity index (χ0v) is 10.7. The third-order valence-corrected chi connectivity index (χ3v) is 3.92. The molecule has 1 heterocycles. The number of aryl methyl sites for hydroxylation is 2. The molecule has 0 amide bonds. The van der Waals surface area contributed by atoms with Gasteiger partial charge in [0, 0.05) is 24.5 Å². The van der Waals surface area contributed by atoms with Crippen LogP contribution in [0.2, 0.25) is 0 Å². The zero-order valence-electron chi connectivity index (χ0n) is 9.88. The van der Waals surface area contributed by atoms with E-state index in [9.17, 15) is 4.21 Å². The van der Waals surface area contributed by atoms with Crippen molar-refractivity contribution in [2.75, 3.05) is 5.73 Å². The number of nitrogens with two attached hydrogens (primary N) is 1. The third kappa shape index (κ3) is 2.74. The first-order valence-electron chi connectivity index (χ1n) is 5.28. The van der Waals surface area contributed by atoms with E-state index >= 15 is 0 Å². The molecule has 0 saturated heterocycles. The standard InChI is InChI=1S/C12H15N3OS/c1-9-3-4-12(11(13)5-9)17(16)8-10-6-14-15(2)7-10/h3-7H,8,13H2,1-2H3. The van der Waals surface area contributed by atoms with Gasteiger partial charge in [-0.1, -0.05) is 6.07 Å². The van der Waals surface area contributed by atoms with Crippen molar-refractivity contribution in [2.24, 2.45) is 7.05 Å². The summed E-state index contributed by atoms with van der Waals surface area (Å²) in [4.78, 5) is 0.694. The van der Waals surface area contributed by atoms with Crippen LogP contribution in [0.25, 0.3) is 0 Å². The monoisotopic (exact) mass is 249 g/mol. The van der Waals surface area contributed by atoms with E-state index < -0.39 is 10.8 Å². The van der Waals surface area contributed by atoms with Crippen LogP contribution in [-0.2, 0) is 23.6 Å². The van der Waals surface area contributed by atoms with Gasteiger partial charge in [0.25, 0.3) is 0 Å². The lowest BCUT2D eigenvalue weighted by molar-refractivity contribution is 0.683. The van der Waals surface area contributed by atoms with Crippen molar-refractivity contribution < 1.29 is 4.21 Å². The summed E-state index contributed by atoms with van der Waals surface area (Å²) in [5.74, 6) is 0.446. The van der Waals surface area contributed by atoms with Crippen LogP contribution in [0.4, 0.5) is 5.69 Å². The molecule has 1 aromatic heterocycles. The van der Waals surface area contributed by atoms with Gasteiger partial charge in [0.2, 0.25) is 0 Å². The van der Waals surface area contributed by atoms with E-state index in [0.29, 0.717) is 16.3 Å². The molecule has 0 bridgehead atoms. The predicted octanol–water partition coefficient (Wildman–Crippen LogP) is 1.62. The number of hydrogen-bond donors (Lipinski definition) is 1. The highest BCUT2D eigenvalue weighted by atomic mass is 32.2. The molecule has 2 N–H and O–H groups in total. The molecular formula is C12H15N3OS. The summed E-state index contributed by atoms with van der Waals surface area (Å²) in [5.41, 5.74) is 8.48. The fraction of sp³-hybridized carbons (Fsp3) is 0.250. The Balaban J connectivity index is 2.20. The Morgan fingerprint density at radius 3 is 2.82 bits per heavy atom. The predicted molar refractivity (Wildman–Crippen MR) is 68.9 cm³/mol. The molecule has 1 unspecified atom stereocenters. The lowest BCUT2D eigenvalue weighted by Crippen LogP contribution is -2.00. The van der Waals surface area contributed by atoms with Crippen LogP contribution in [-0.4, -0.2) is 14.0 Å². The average Bonchev–Trinajstić information content (AvgIpc) is 2.63. The van der Waals surface area contributed by atoms with Crippen LogP contribution in [0.1, 0.15) is 11.1 Å². The van der Waals surface area contributed by atoms with Crippen LogP contribution < -0.4 is 5.73 Å². The minimum atomic E-state index is -1.12. The van der Waals surface area contributed by atoms with Gasteiger partial charge in [-0.05, 0) is 24.6 Å². The molecule has 1 aromatic carbocycles. The lowest BCUT2D eigenvalue weighted by Gasteiger charge is -2.05. The summed E-state index contributed by atoms with van der Waals surface area (Å²) in [6, 6.07) is 5.60. The molecule has 2 rings (SSSR count). The quantitative estimate of drug-likeness (QED) is 0.841. The lowest BCUT2D eigenvalue weighted by atomic mass is 10.2. The smallest absolute Gasteiger partial charge is 0.0621 e. The summed E-state index contributed by atoms with van der Waals surface area (Å²) in [6.07, 6.45) is 3.59. The van der Waals surface area contributed by atoms with E-state index in [2.05, 4.69) is 5.10 Å². The zero-order chi connectivity index (χ0) is 12.4. The minimum absolute atomic E-state index is 0.446. The fourth-order valence-corrected chi connectivity index (χ4v) is 2.80. The molecule has 0 spiro atoms. The molecule has 0 radical (unpaired) electrons. The molecule has 0 fully saturated rings. The molecule has 4 nitrogen and oxygen atoms in total. The Bertz CT molecular complexity index is 563. The molecule has 5 heteroatoms. The number of rotatable bonds is 3. The molecule has 17 heavy (non-hydrogen) atoms. The Morgan fingerprint density at radius 2 is 2.24 bits per heavy atom. The topological polar surface area (TPSA) is 60.9 Å². The van der Waals surface area contributed by atoms with Crippen LogP contribution in [0.3, 0.4) is 0 Å². The number of nitrogen functional groups attached to an aromatic ring is 1. The summed E-state index contributed by atoms with van der Waals surface area (Å²) < 4.78 is 13.8. The van der Waals surface area contributed by atoms with Crippen molar-refractivity contribution in [1.82, 2.24) is 9.78 Å². The van der Waals surface area contributed by atoms with E-state index in [1.54, 1.807) is 10.9 Å². The van der Waals surface area contributed by atoms with Crippen molar-refractivity contribution in [3.8, 4) is 0 Å². The Labute approximate surface area is 103 Å². The first-order valence-corrected chi connectivity index (χ1v) is 6.60. The van der Waals surface area contributed by atoms with E-state index in [1.165, 1.54) is 0 Å². The number of aromatic nitrogens is 2. The highest BCUT2D eigenvalue weighted by Crippen LogP contribution is 2.20. The van der Waals surface area contributed by atoms with Gasteiger partial charge in [-0.2, -0.15) is 5.10 Å². The van der Waals surface area contributed by atoms with Crippen LogP contribution in [0.5, 0.6) is 0 Å². The van der Waals surface area contributed by atoms with Crippen molar-refractivity contribution in [3.63, 3.8) is 0 Å². The number of hydrogen-bond acceptors (Lipinski definition) is 3. The molecule has 0 aliphatic heterocycles. The SMILES string of the molecule is Cc1ccc(S(=O)Cc2cnn(C)c2)c(N)c1. The van der Waals surface area contributed by atoms with Crippen LogP contribution >= 0.6 is 0 Å². The Kier molecular flexibility index (Phi) is 3.28. The maximum atomic E-state index is 12.1. The molecular weight excluding hydrogens is 234 g/mol. The molecule has 1 atom stereocenters. The van der Waals surface area contributed by atoms with Gasteiger partial charge >= 0.3 is 0 Å². The second-order valence-electron chi connectivity index (χ2n) is 4.05. The first kappa shape index (κ1) is 11.9. The second-order valence-corrected chi connectivity index (χ2v) is 5.47. The van der Waals surface area contributed by atoms with Crippen molar-refractivity contribution in [2.45, 2.75) is 17.6 Å². The van der Waals surface area contributed by atoms with Gasteiger partial charge < -0.3 is 5.73 Å². The van der Waals surface area contributed by atoms with Gasteiger partial charge in [-0.25, -0.2) is 0 Å². The fourth-order valence-electron chi connectivity index (χ4n) is 1.65. The Hall–Kier alpha value is -1.62. The van der Waals surface area contributed by atoms with Gasteiger partial charge in [0.15, 0.2) is 0 Å². The average molecular weight is 249 g/mol. The summed E-state index contributed by atoms with van der Waals surface area (Å²) in [6.45, 7) is 1.96. The molecule has 0 aliphatic rings. The molecule has 0 saturated carbocycles. The molecule has 2 aromatic rings. The third-order valence-electron chi connectivity index (χ3n) is 2.47. The molecule has 0 aliphatic carbocycles. The summed E-state index contributed by atoms with van der Waals surface area (Å²) in [7, 11) is 0.721. The van der Waals surface area contributed by atoms with E-state index in [4.69, 9.17) is 5.73 Å². The normalized spacial score (nSPS) is 12.6. The van der Waals surface area contributed by atoms with Gasteiger partial charge in [-0.15, -0.1) is 0 Å². The van der Waals surface area contributed by atoms with Gasteiger partial charge in [0.05, 0.1) is 27.6 Å². The summed E-state index contributed by atoms with van der Waals surface area (Å²) >= 11 is 0. The highest BCUT2D eigenvalue weighted by Gasteiger charge is 2.09. The number of anilines is 1. The van der Waals surface area contributed by atoms with E-state index in [1.807, 2.05) is 38.4 Å². The van der Waals surface area contributed by atoms with E-state index in [-0.39, 0.29) is 0 Å². The van der Waals surface area contributed by atoms with Crippen LogP contribution in [0.15, 0.2) is 35.5 Å². The summed E-state index contributed by atoms with van der Waals surface area (Å²) in [5, 5.41) is 4.05. The van der Waals surface area contributed by atoms with Gasteiger partial charge in [-0.3, -0.25) is 8.89 Å². The maximum Gasteiger partial charge on any atom is 0.0621 e. The van der Waals surface area contributed by atoms with Crippen LogP contribution in [0, 0.1) is 6.92 Å². The minimum Gasteiger partial charge on any atom is -0.398 e. The van der Waals surface area contributed by atoms with E-state index in [0.717, 1.165) is 11.1 Å². The van der Waals surface area contributed by atoms with Gasteiger partial charge in [0.1, 0.15) is 0 Å². The van der Waals surface area contributed by atoms with Crippen molar-refractivity contribution in [3.05, 3.63) is 41.7 Å². The van der Waals surface area contributed by atoms with Crippen molar-refractivity contribution in [1.29, 1.82) is 0 Å². The number of nitrogens with zero attached hydrogens (tertiary/aromatic N) is 2.